The van der Waals surface area contributed by atoms with E-state index >= 15 is 0 Å². The highest BCUT2D eigenvalue weighted by Gasteiger charge is 2.38. The van der Waals surface area contributed by atoms with Gasteiger partial charge < -0.3 is 32.9 Å². The van der Waals surface area contributed by atoms with Crippen LogP contribution < -0.4 is 28.0 Å². The van der Waals surface area contributed by atoms with Gasteiger partial charge in [-0.15, -0.1) is 0 Å². The number of nitrogens with zero attached hydrogens (tertiary/aromatic N) is 1. The third kappa shape index (κ3) is 5.08. The van der Waals surface area contributed by atoms with Crippen LogP contribution in [0.15, 0.2) is 73.1 Å². The summed E-state index contributed by atoms with van der Waals surface area (Å²) in [6.07, 6.45) is 5.62. The third-order valence-electron chi connectivity index (χ3n) is 5.09. The number of aromatic nitrogens is 1. The zero-order valence-corrected chi connectivity index (χ0v) is 17.3. The second kappa shape index (κ2) is 9.89. The van der Waals surface area contributed by atoms with E-state index in [0.29, 0.717) is 25.3 Å². The highest BCUT2D eigenvalue weighted by molar-refractivity contribution is 5.71. The molecule has 1 fully saturated rings. The smallest absolute Gasteiger partial charge is 0.195 e. The van der Waals surface area contributed by atoms with Gasteiger partial charge in [-0.1, -0.05) is 24.3 Å². The minimum absolute atomic E-state index is 0. The quantitative estimate of drug-likeness (QED) is 0.436. The molecule has 0 unspecified atom stereocenters. The van der Waals surface area contributed by atoms with Crippen molar-refractivity contribution in [1.29, 1.82) is 0 Å². The van der Waals surface area contributed by atoms with E-state index in [4.69, 9.17) is 15.2 Å². The van der Waals surface area contributed by atoms with E-state index < -0.39 is 5.79 Å². The Hall–Kier alpha value is -2.67. The number of benzene rings is 2. The monoisotopic (exact) mass is 429 g/mol. The lowest BCUT2D eigenvalue weighted by Crippen LogP contribution is -3.00. The SMILES string of the molecule is Nc1ccccc1Nc1cc[n+](CCCC2(c3ccc(F)cc3)OCCO2)cc1.[Cl-]. The fraction of sp³-hybridized carbons (Fsp3) is 0.261. The second-order valence-corrected chi connectivity index (χ2v) is 7.10. The summed E-state index contributed by atoms with van der Waals surface area (Å²) in [6, 6.07) is 18.1. The molecule has 7 heteroatoms. The molecule has 1 aliphatic rings. The van der Waals surface area contributed by atoms with E-state index in [1.807, 2.05) is 48.8 Å². The van der Waals surface area contributed by atoms with Crippen molar-refractivity contribution in [2.24, 2.45) is 0 Å². The number of rotatable bonds is 7. The van der Waals surface area contributed by atoms with E-state index in [0.717, 1.165) is 29.9 Å². The fourth-order valence-electron chi connectivity index (χ4n) is 3.56. The van der Waals surface area contributed by atoms with Crippen molar-refractivity contribution in [2.75, 3.05) is 24.3 Å². The average molecular weight is 430 g/mol. The zero-order valence-electron chi connectivity index (χ0n) is 16.6. The number of nitrogens with one attached hydrogen (secondary N) is 1. The van der Waals surface area contributed by atoms with E-state index in [2.05, 4.69) is 9.88 Å². The number of nitrogens with two attached hydrogens (primary N) is 1. The van der Waals surface area contributed by atoms with Crippen LogP contribution in [0.5, 0.6) is 0 Å². The normalized spacial score (nSPS) is 14.8. The summed E-state index contributed by atoms with van der Waals surface area (Å²) in [7, 11) is 0. The van der Waals surface area contributed by atoms with Crippen molar-refractivity contribution in [1.82, 2.24) is 0 Å². The molecule has 1 saturated heterocycles. The first-order valence-corrected chi connectivity index (χ1v) is 9.79. The lowest BCUT2D eigenvalue weighted by molar-refractivity contribution is -0.697. The molecule has 0 saturated carbocycles. The molecule has 2 heterocycles. The van der Waals surface area contributed by atoms with Crippen LogP contribution in [0.2, 0.25) is 0 Å². The maximum Gasteiger partial charge on any atom is 0.195 e. The second-order valence-electron chi connectivity index (χ2n) is 7.10. The van der Waals surface area contributed by atoms with E-state index in [-0.39, 0.29) is 18.2 Å². The molecule has 2 aromatic carbocycles. The Morgan fingerprint density at radius 2 is 1.63 bits per heavy atom. The maximum atomic E-state index is 13.3. The predicted octanol–water partition coefficient (Wildman–Crippen LogP) is 1.12. The number of aryl methyl sites for hydroxylation is 1. The average Bonchev–Trinajstić information content (AvgIpc) is 3.21. The summed E-state index contributed by atoms with van der Waals surface area (Å²) >= 11 is 0. The fourth-order valence-corrected chi connectivity index (χ4v) is 3.56. The molecule has 5 nitrogen and oxygen atoms in total. The molecule has 3 N–H and O–H groups in total. The van der Waals surface area contributed by atoms with Crippen LogP contribution in [-0.2, 0) is 21.8 Å². The number of hydrogen-bond donors (Lipinski definition) is 2. The van der Waals surface area contributed by atoms with Gasteiger partial charge in [0.15, 0.2) is 18.2 Å². The molecular formula is C23H25ClFN3O2. The van der Waals surface area contributed by atoms with Crippen LogP contribution in [0, 0.1) is 5.82 Å². The Morgan fingerprint density at radius 1 is 0.967 bits per heavy atom. The van der Waals surface area contributed by atoms with Gasteiger partial charge in [-0.3, -0.25) is 0 Å². The van der Waals surface area contributed by atoms with Crippen LogP contribution in [-0.4, -0.2) is 13.2 Å². The van der Waals surface area contributed by atoms with Gasteiger partial charge >= 0.3 is 0 Å². The van der Waals surface area contributed by atoms with Gasteiger partial charge in [0.25, 0.3) is 0 Å². The van der Waals surface area contributed by atoms with Crippen molar-refractivity contribution in [2.45, 2.75) is 25.2 Å². The van der Waals surface area contributed by atoms with Crippen LogP contribution in [0.4, 0.5) is 21.5 Å². The molecule has 30 heavy (non-hydrogen) atoms. The van der Waals surface area contributed by atoms with Gasteiger partial charge in [0, 0.05) is 30.5 Å². The Morgan fingerprint density at radius 3 is 2.30 bits per heavy atom. The van der Waals surface area contributed by atoms with E-state index in [1.165, 1.54) is 12.1 Å². The molecular weight excluding hydrogens is 405 g/mol. The minimum atomic E-state index is -0.777. The van der Waals surface area contributed by atoms with Crippen molar-refractivity contribution in [3.05, 3.63) is 84.4 Å². The number of pyridine rings is 1. The van der Waals surface area contributed by atoms with Gasteiger partial charge in [-0.05, 0) is 24.3 Å². The van der Waals surface area contributed by atoms with Crippen LogP contribution in [0.3, 0.4) is 0 Å². The third-order valence-corrected chi connectivity index (χ3v) is 5.09. The van der Waals surface area contributed by atoms with Crippen molar-refractivity contribution in [3.63, 3.8) is 0 Å². The van der Waals surface area contributed by atoms with Crippen LogP contribution >= 0.6 is 0 Å². The van der Waals surface area contributed by atoms with E-state index in [9.17, 15) is 4.39 Å². The standard InChI is InChI=1S/C23H24FN3O2.ClH/c24-19-8-6-18(7-9-19)23(28-16-17-29-23)12-3-13-27-14-10-20(11-15-27)26-22-5-2-1-4-21(22)25;/h1-2,4-11,14-15H,3,12-13,16-17,25H2;1H. The number of anilines is 3. The molecule has 1 aliphatic heterocycles. The number of ether oxygens (including phenoxy) is 2. The first-order valence-electron chi connectivity index (χ1n) is 9.79. The molecule has 0 aliphatic carbocycles. The summed E-state index contributed by atoms with van der Waals surface area (Å²) in [6.45, 7) is 1.92. The number of nitrogen functional groups attached to an aromatic ring is 1. The molecule has 0 amide bonds. The van der Waals surface area contributed by atoms with Gasteiger partial charge in [-0.25, -0.2) is 8.96 Å². The highest BCUT2D eigenvalue weighted by Crippen LogP contribution is 2.36. The summed E-state index contributed by atoms with van der Waals surface area (Å²) in [4.78, 5) is 0. The molecule has 4 rings (SSSR count). The maximum absolute atomic E-state index is 13.3. The molecule has 1 aromatic heterocycles. The first-order chi connectivity index (χ1) is 14.1. The van der Waals surface area contributed by atoms with Gasteiger partial charge in [-0.2, -0.15) is 0 Å². The number of halogens is 2. The van der Waals surface area contributed by atoms with Gasteiger partial charge in [0.05, 0.1) is 30.3 Å². The Balaban J connectivity index is 0.00000256. The van der Waals surface area contributed by atoms with Crippen molar-refractivity contribution >= 4 is 17.1 Å². The Bertz CT molecular complexity index is 945. The lowest BCUT2D eigenvalue weighted by atomic mass is 10.0. The van der Waals surface area contributed by atoms with Gasteiger partial charge in [0.1, 0.15) is 12.4 Å². The molecule has 158 valence electrons. The summed E-state index contributed by atoms with van der Waals surface area (Å²) in [5.41, 5.74) is 9.42. The Labute approximate surface area is 182 Å². The zero-order chi connectivity index (χ0) is 20.1. The minimum Gasteiger partial charge on any atom is -1.00 e. The van der Waals surface area contributed by atoms with E-state index in [1.54, 1.807) is 12.1 Å². The lowest BCUT2D eigenvalue weighted by Gasteiger charge is -2.27. The Kier molecular flexibility index (Phi) is 7.26. The van der Waals surface area contributed by atoms with Crippen LogP contribution in [0.25, 0.3) is 0 Å². The number of para-hydroxylation sites is 2. The molecule has 3 aromatic rings. The largest absolute Gasteiger partial charge is 1.00 e. The topological polar surface area (TPSA) is 60.4 Å². The molecule has 0 bridgehead atoms. The summed E-state index contributed by atoms with van der Waals surface area (Å²) < 4.78 is 27.2. The van der Waals surface area contributed by atoms with Crippen LogP contribution in [0.1, 0.15) is 18.4 Å². The van der Waals surface area contributed by atoms with Crippen molar-refractivity contribution < 1.29 is 30.8 Å². The molecule has 0 spiro atoms. The highest BCUT2D eigenvalue weighted by atomic mass is 35.5. The predicted molar refractivity (Wildman–Crippen MR) is 110 cm³/mol. The van der Waals surface area contributed by atoms with Crippen molar-refractivity contribution in [3.8, 4) is 0 Å². The summed E-state index contributed by atoms with van der Waals surface area (Å²) in [5.74, 6) is -1.04. The molecule has 0 radical (unpaired) electrons. The first kappa shape index (κ1) is 22.0. The number of hydrogen-bond acceptors (Lipinski definition) is 4. The van der Waals surface area contributed by atoms with Gasteiger partial charge in [0.2, 0.25) is 0 Å². The molecule has 0 atom stereocenters. The summed E-state index contributed by atoms with van der Waals surface area (Å²) in [5, 5.41) is 3.32.